The van der Waals surface area contributed by atoms with Gasteiger partial charge in [-0.25, -0.2) is 9.97 Å². The summed E-state index contributed by atoms with van der Waals surface area (Å²) in [7, 11) is 0. The van der Waals surface area contributed by atoms with E-state index in [2.05, 4.69) is 15.0 Å². The number of H-pyrrole nitrogens is 1. The fourth-order valence-electron chi connectivity index (χ4n) is 1.91. The standard InChI is InChI=1S/C13H8F3N3/c14-13(15,16)9-6-10(8-4-2-1-3-5-8)19-12-11(9)17-7-18-12/h1-7H,(H,17,18,19). The monoisotopic (exact) mass is 263 g/mol. The van der Waals surface area contributed by atoms with E-state index in [0.717, 1.165) is 6.07 Å². The maximum Gasteiger partial charge on any atom is 0.418 e. The van der Waals surface area contributed by atoms with Gasteiger partial charge in [0.2, 0.25) is 0 Å². The lowest BCUT2D eigenvalue weighted by Crippen LogP contribution is -2.07. The molecule has 2 heterocycles. The normalized spacial score (nSPS) is 11.9. The van der Waals surface area contributed by atoms with Gasteiger partial charge in [-0.1, -0.05) is 30.3 Å². The zero-order chi connectivity index (χ0) is 13.5. The molecule has 96 valence electrons. The van der Waals surface area contributed by atoms with Crippen molar-refractivity contribution in [3.05, 3.63) is 48.3 Å². The van der Waals surface area contributed by atoms with Crippen LogP contribution >= 0.6 is 0 Å². The van der Waals surface area contributed by atoms with Crippen molar-refractivity contribution in [3.8, 4) is 11.3 Å². The van der Waals surface area contributed by atoms with Crippen molar-refractivity contribution in [2.45, 2.75) is 6.18 Å². The molecule has 0 aliphatic carbocycles. The molecule has 0 saturated heterocycles. The van der Waals surface area contributed by atoms with Crippen LogP contribution in [0.2, 0.25) is 0 Å². The maximum atomic E-state index is 13.0. The van der Waals surface area contributed by atoms with Crippen LogP contribution in [0.5, 0.6) is 0 Å². The van der Waals surface area contributed by atoms with Gasteiger partial charge in [0.15, 0.2) is 5.65 Å². The minimum absolute atomic E-state index is 0.0636. The number of hydrogen-bond acceptors (Lipinski definition) is 2. The third kappa shape index (κ3) is 2.05. The van der Waals surface area contributed by atoms with E-state index in [1.807, 2.05) is 0 Å². The van der Waals surface area contributed by atoms with E-state index in [1.54, 1.807) is 30.3 Å². The number of alkyl halides is 3. The fraction of sp³-hybridized carbons (Fsp3) is 0.0769. The predicted octanol–water partition coefficient (Wildman–Crippen LogP) is 3.64. The van der Waals surface area contributed by atoms with Crippen LogP contribution in [0.3, 0.4) is 0 Å². The first-order valence-electron chi connectivity index (χ1n) is 5.52. The van der Waals surface area contributed by atoms with Crippen molar-refractivity contribution in [2.75, 3.05) is 0 Å². The number of rotatable bonds is 1. The highest BCUT2D eigenvalue weighted by Gasteiger charge is 2.34. The minimum atomic E-state index is -4.45. The number of fused-ring (bicyclic) bond motifs is 1. The molecule has 2 aromatic heterocycles. The van der Waals surface area contributed by atoms with Crippen molar-refractivity contribution < 1.29 is 13.2 Å². The van der Waals surface area contributed by atoms with Crippen molar-refractivity contribution in [3.63, 3.8) is 0 Å². The van der Waals surface area contributed by atoms with E-state index in [-0.39, 0.29) is 16.9 Å². The lowest BCUT2D eigenvalue weighted by atomic mass is 10.1. The Morgan fingerprint density at radius 3 is 2.47 bits per heavy atom. The molecule has 0 saturated carbocycles. The van der Waals surface area contributed by atoms with Gasteiger partial charge in [0, 0.05) is 5.56 Å². The molecule has 0 atom stereocenters. The number of aromatic nitrogens is 3. The highest BCUT2D eigenvalue weighted by Crippen LogP contribution is 2.35. The fourth-order valence-corrected chi connectivity index (χ4v) is 1.91. The number of benzene rings is 1. The van der Waals surface area contributed by atoms with Crippen LogP contribution in [0, 0.1) is 0 Å². The molecular weight excluding hydrogens is 255 g/mol. The molecule has 0 unspecified atom stereocenters. The van der Waals surface area contributed by atoms with E-state index >= 15 is 0 Å². The summed E-state index contributed by atoms with van der Waals surface area (Å²) in [6.07, 6.45) is -3.24. The SMILES string of the molecule is FC(F)(F)c1cc(-c2ccccc2)nc2nc[nH]c12. The van der Waals surface area contributed by atoms with Crippen molar-refractivity contribution in [1.82, 2.24) is 15.0 Å². The minimum Gasteiger partial charge on any atom is -0.343 e. The van der Waals surface area contributed by atoms with Gasteiger partial charge in [0.1, 0.15) is 0 Å². The number of imidazole rings is 1. The molecule has 0 bridgehead atoms. The molecule has 19 heavy (non-hydrogen) atoms. The van der Waals surface area contributed by atoms with Crippen LogP contribution in [0.15, 0.2) is 42.7 Å². The van der Waals surface area contributed by atoms with Crippen molar-refractivity contribution in [1.29, 1.82) is 0 Å². The Hall–Kier alpha value is -2.37. The summed E-state index contributed by atoms with van der Waals surface area (Å²) in [4.78, 5) is 10.4. The summed E-state index contributed by atoms with van der Waals surface area (Å²) in [5.74, 6) is 0. The Morgan fingerprint density at radius 2 is 1.79 bits per heavy atom. The zero-order valence-corrected chi connectivity index (χ0v) is 9.57. The number of nitrogens with zero attached hydrogens (tertiary/aromatic N) is 2. The summed E-state index contributed by atoms with van der Waals surface area (Å²) in [6.45, 7) is 0. The van der Waals surface area contributed by atoms with Crippen LogP contribution in [0.1, 0.15) is 5.56 Å². The summed E-state index contributed by atoms with van der Waals surface area (Å²) in [6, 6.07) is 9.75. The van der Waals surface area contributed by atoms with Crippen LogP contribution in [-0.2, 0) is 6.18 Å². The first-order chi connectivity index (χ1) is 9.05. The predicted molar refractivity (Wildman–Crippen MR) is 64.3 cm³/mol. The number of pyridine rings is 1. The number of hydrogen-bond donors (Lipinski definition) is 1. The smallest absolute Gasteiger partial charge is 0.343 e. The van der Waals surface area contributed by atoms with Crippen LogP contribution in [0.4, 0.5) is 13.2 Å². The summed E-state index contributed by atoms with van der Waals surface area (Å²) >= 11 is 0. The molecule has 0 fully saturated rings. The Labute approximate surface area is 106 Å². The van der Waals surface area contributed by atoms with E-state index in [9.17, 15) is 13.2 Å². The molecule has 0 amide bonds. The molecule has 6 heteroatoms. The lowest BCUT2D eigenvalue weighted by molar-refractivity contribution is -0.136. The van der Waals surface area contributed by atoms with E-state index in [4.69, 9.17) is 0 Å². The lowest BCUT2D eigenvalue weighted by Gasteiger charge is -2.09. The van der Waals surface area contributed by atoms with Crippen molar-refractivity contribution in [2.24, 2.45) is 0 Å². The largest absolute Gasteiger partial charge is 0.418 e. The second kappa shape index (κ2) is 4.08. The number of nitrogens with one attached hydrogen (secondary N) is 1. The Bertz CT molecular complexity index is 717. The second-order valence-electron chi connectivity index (χ2n) is 4.02. The molecule has 1 N–H and O–H groups in total. The van der Waals surface area contributed by atoms with E-state index in [0.29, 0.717) is 5.56 Å². The summed E-state index contributed by atoms with van der Waals surface area (Å²) in [5.41, 5.74) is 0.0973. The van der Waals surface area contributed by atoms with Gasteiger partial charge in [0.25, 0.3) is 0 Å². The quantitative estimate of drug-likeness (QED) is 0.728. The topological polar surface area (TPSA) is 41.6 Å². The molecule has 0 spiro atoms. The maximum absolute atomic E-state index is 13.0. The van der Waals surface area contributed by atoms with Gasteiger partial charge < -0.3 is 4.98 Å². The van der Waals surface area contributed by atoms with Gasteiger partial charge in [-0.15, -0.1) is 0 Å². The Morgan fingerprint density at radius 1 is 1.05 bits per heavy atom. The Balaban J connectivity index is 2.28. The zero-order valence-electron chi connectivity index (χ0n) is 9.57. The molecule has 1 aromatic carbocycles. The molecule has 3 aromatic rings. The van der Waals surface area contributed by atoms with Crippen LogP contribution < -0.4 is 0 Å². The average Bonchev–Trinajstić information content (AvgIpc) is 2.85. The molecule has 0 aliphatic rings. The van der Waals surface area contributed by atoms with Gasteiger partial charge in [0.05, 0.1) is 23.1 Å². The molecule has 3 nitrogen and oxygen atoms in total. The van der Waals surface area contributed by atoms with Gasteiger partial charge >= 0.3 is 6.18 Å². The number of aromatic amines is 1. The van der Waals surface area contributed by atoms with Crippen LogP contribution in [0.25, 0.3) is 22.4 Å². The molecular formula is C13H8F3N3. The highest BCUT2D eigenvalue weighted by molar-refractivity contribution is 5.79. The third-order valence-electron chi connectivity index (χ3n) is 2.77. The second-order valence-corrected chi connectivity index (χ2v) is 4.02. The van der Waals surface area contributed by atoms with E-state index < -0.39 is 11.7 Å². The average molecular weight is 263 g/mol. The van der Waals surface area contributed by atoms with Gasteiger partial charge in [-0.2, -0.15) is 13.2 Å². The first kappa shape index (κ1) is 11.7. The molecule has 0 radical (unpaired) electrons. The Kier molecular flexibility index (Phi) is 2.51. The van der Waals surface area contributed by atoms with Crippen LogP contribution in [-0.4, -0.2) is 15.0 Å². The summed E-state index contributed by atoms with van der Waals surface area (Å²) in [5, 5.41) is 0. The van der Waals surface area contributed by atoms with Gasteiger partial charge in [-0.3, -0.25) is 0 Å². The highest BCUT2D eigenvalue weighted by atomic mass is 19.4. The van der Waals surface area contributed by atoms with Gasteiger partial charge in [-0.05, 0) is 6.07 Å². The van der Waals surface area contributed by atoms with E-state index in [1.165, 1.54) is 6.33 Å². The third-order valence-corrected chi connectivity index (χ3v) is 2.77. The van der Waals surface area contributed by atoms with Crippen molar-refractivity contribution >= 4 is 11.2 Å². The number of halogens is 3. The summed E-state index contributed by atoms with van der Waals surface area (Å²) < 4.78 is 39.0. The molecule has 3 rings (SSSR count). The first-order valence-corrected chi connectivity index (χ1v) is 5.52. The molecule has 0 aliphatic heterocycles.